The molecule has 0 aromatic carbocycles. The molecule has 0 heterocycles. The number of aliphatic imine (C=N–C) groups is 1. The largest absolute Gasteiger partial charge is 0.344 e. The van der Waals surface area contributed by atoms with Gasteiger partial charge >= 0.3 is 0 Å². The van der Waals surface area contributed by atoms with Crippen LogP contribution in [0.1, 0.15) is 52.9 Å². The lowest BCUT2D eigenvalue weighted by atomic mass is 10.1. The maximum atomic E-state index is 12.6. The van der Waals surface area contributed by atoms with Gasteiger partial charge in [0.15, 0.2) is 0 Å². The first kappa shape index (κ1) is 27.1. The maximum Gasteiger partial charge on any atom is 0.268 e. The second-order valence-corrected chi connectivity index (χ2v) is 7.67. The Bertz CT molecular complexity index is 571. The molecule has 3 atom stereocenters. The Morgan fingerprint density at radius 1 is 0.966 bits per heavy atom. The summed E-state index contributed by atoms with van der Waals surface area (Å²) in [6, 6.07) is -2.58. The highest BCUT2D eigenvalue weighted by molar-refractivity contribution is 7.80. The second kappa shape index (κ2) is 15.0. The predicted molar refractivity (Wildman–Crippen MR) is 117 cm³/mol. The topological polar surface area (TPSA) is 143 Å². The summed E-state index contributed by atoms with van der Waals surface area (Å²) in [5, 5.41) is 7.80. The molecular weight excluding hydrogens is 394 g/mol. The van der Waals surface area contributed by atoms with Gasteiger partial charge in [0.1, 0.15) is 18.1 Å². The molecule has 5 N–H and O–H groups in total. The van der Waals surface area contributed by atoms with Gasteiger partial charge in [-0.2, -0.15) is 12.6 Å². The molecule has 0 aliphatic rings. The first-order valence-electron chi connectivity index (χ1n) is 9.87. The average molecular weight is 430 g/mol. The van der Waals surface area contributed by atoms with Gasteiger partial charge in [-0.05, 0) is 51.8 Å². The molecule has 0 aromatic heterocycles. The molecule has 0 aliphatic heterocycles. The third-order valence-corrected chi connectivity index (χ3v) is 4.62. The average Bonchev–Trinajstić information content (AvgIpc) is 2.68. The molecule has 0 aliphatic carbocycles. The zero-order valence-electron chi connectivity index (χ0n) is 17.6. The van der Waals surface area contributed by atoms with E-state index >= 15 is 0 Å². The lowest BCUT2D eigenvalue weighted by Gasteiger charge is -2.22. The minimum absolute atomic E-state index is 0.0535. The number of unbranched alkanes of at least 4 members (excludes halogenated alkanes) is 1. The predicted octanol–water partition coefficient (Wildman–Crippen LogP) is 0.183. The van der Waals surface area contributed by atoms with Crippen LogP contribution in [0.25, 0.3) is 0 Å². The number of thiol groups is 1. The molecule has 9 nitrogen and oxygen atoms in total. The first-order chi connectivity index (χ1) is 13.7. The third-order valence-electron chi connectivity index (χ3n) is 4.25. The number of hydrogen-bond donors (Lipinski definition) is 5. The minimum Gasteiger partial charge on any atom is -0.344 e. The van der Waals surface area contributed by atoms with Gasteiger partial charge in [-0.3, -0.25) is 19.2 Å². The zero-order valence-corrected chi connectivity index (χ0v) is 18.5. The van der Waals surface area contributed by atoms with Crippen LogP contribution in [0.5, 0.6) is 0 Å². The van der Waals surface area contributed by atoms with Crippen molar-refractivity contribution in [3.8, 4) is 0 Å². The van der Waals surface area contributed by atoms with Crippen LogP contribution in [-0.4, -0.2) is 60.8 Å². The Hall–Kier alpha value is -1.94. The number of amides is 4. The van der Waals surface area contributed by atoms with Gasteiger partial charge < -0.3 is 21.7 Å². The molecule has 0 unspecified atom stereocenters. The highest BCUT2D eigenvalue weighted by atomic mass is 32.1. The number of nitrogens with two attached hydrogens (primary N) is 1. The summed E-state index contributed by atoms with van der Waals surface area (Å²) in [5.74, 6) is -1.40. The monoisotopic (exact) mass is 429 g/mol. The van der Waals surface area contributed by atoms with Crippen molar-refractivity contribution in [2.75, 3.05) is 12.3 Å². The van der Waals surface area contributed by atoms with Crippen molar-refractivity contribution in [3.63, 3.8) is 0 Å². The van der Waals surface area contributed by atoms with Gasteiger partial charge in [0.05, 0.1) is 0 Å². The molecule has 0 spiro atoms. The molecule has 10 heteroatoms. The van der Waals surface area contributed by atoms with Gasteiger partial charge in [-0.25, -0.2) is 4.99 Å². The molecule has 0 saturated carbocycles. The highest BCUT2D eigenvalue weighted by Crippen LogP contribution is 2.06. The Kier molecular flexibility index (Phi) is 14.0. The number of nitrogens with one attached hydrogen (secondary N) is 3. The summed E-state index contributed by atoms with van der Waals surface area (Å²) in [6.45, 7) is 9.16. The van der Waals surface area contributed by atoms with Crippen molar-refractivity contribution < 1.29 is 19.2 Å². The third kappa shape index (κ3) is 11.6. The van der Waals surface area contributed by atoms with Crippen LogP contribution in [0, 0.1) is 5.92 Å². The van der Waals surface area contributed by atoms with E-state index in [4.69, 9.17) is 5.73 Å². The summed E-state index contributed by atoms with van der Waals surface area (Å²) < 4.78 is 0. The molecule has 4 amide bonds. The van der Waals surface area contributed by atoms with E-state index in [-0.39, 0.29) is 11.7 Å². The number of rotatable bonds is 14. The van der Waals surface area contributed by atoms with Crippen LogP contribution in [0.3, 0.4) is 0 Å². The molecule has 0 rings (SSSR count). The number of hydrogen-bond acceptors (Lipinski definition) is 6. The van der Waals surface area contributed by atoms with Crippen molar-refractivity contribution in [1.29, 1.82) is 0 Å². The molecule has 0 radical (unpaired) electrons. The van der Waals surface area contributed by atoms with Crippen molar-refractivity contribution in [1.82, 2.24) is 16.0 Å². The van der Waals surface area contributed by atoms with E-state index < -0.39 is 35.8 Å². The first-order valence-corrected chi connectivity index (χ1v) is 10.5. The normalized spacial score (nSPS) is 13.9. The highest BCUT2D eigenvalue weighted by Gasteiger charge is 2.26. The molecule has 0 fully saturated rings. The van der Waals surface area contributed by atoms with E-state index in [0.717, 1.165) is 12.8 Å². The number of nitrogens with zero attached hydrogens (tertiary/aromatic N) is 1. The number of carbonyl (C=O) groups excluding carboxylic acids is 4. The van der Waals surface area contributed by atoms with E-state index in [1.807, 2.05) is 13.8 Å². The summed E-state index contributed by atoms with van der Waals surface area (Å²) in [6.07, 6.45) is 2.86. The fourth-order valence-corrected chi connectivity index (χ4v) is 2.67. The van der Waals surface area contributed by atoms with Gasteiger partial charge in [-0.15, -0.1) is 0 Å². The molecule has 0 aromatic rings. The van der Waals surface area contributed by atoms with Crippen LogP contribution in [0.15, 0.2) is 4.99 Å². The number of carbonyl (C=O) groups is 4. The van der Waals surface area contributed by atoms with E-state index in [1.54, 1.807) is 0 Å². The fraction of sp³-hybridized carbons (Fsp3) is 0.737. The summed E-state index contributed by atoms with van der Waals surface area (Å²) in [4.78, 5) is 51.9. The summed E-state index contributed by atoms with van der Waals surface area (Å²) in [7, 11) is 0. The Morgan fingerprint density at radius 3 is 2.14 bits per heavy atom. The van der Waals surface area contributed by atoms with E-state index in [1.165, 1.54) is 6.92 Å². The van der Waals surface area contributed by atoms with Crippen LogP contribution in [-0.2, 0) is 19.2 Å². The van der Waals surface area contributed by atoms with Gasteiger partial charge in [-0.1, -0.05) is 13.8 Å². The molecule has 0 bridgehead atoms. The molecule has 0 saturated heterocycles. The summed E-state index contributed by atoms with van der Waals surface area (Å²) >= 11 is 4.01. The van der Waals surface area contributed by atoms with Crippen molar-refractivity contribution in [2.24, 2.45) is 16.6 Å². The Labute approximate surface area is 178 Å². The Morgan fingerprint density at radius 2 is 1.62 bits per heavy atom. The molecular formula is C19H35N5O4S. The SMILES string of the molecule is C=NC(=O)[C@H](CS)NC(=O)[C@H](C)NC(=O)[C@H](CCCCN)NC(=O)CCC(C)C. The Balaban J connectivity index is 4.89. The summed E-state index contributed by atoms with van der Waals surface area (Å²) in [5.41, 5.74) is 5.50. The van der Waals surface area contributed by atoms with Crippen molar-refractivity contribution >= 4 is 43.0 Å². The molecule has 166 valence electrons. The fourth-order valence-electron chi connectivity index (χ4n) is 2.42. The van der Waals surface area contributed by atoms with Crippen LogP contribution in [0.4, 0.5) is 0 Å². The van der Waals surface area contributed by atoms with Crippen LogP contribution < -0.4 is 21.7 Å². The quantitative estimate of drug-likeness (QED) is 0.152. The van der Waals surface area contributed by atoms with E-state index in [2.05, 4.69) is 40.3 Å². The maximum absolute atomic E-state index is 12.6. The van der Waals surface area contributed by atoms with Gasteiger partial charge in [0.25, 0.3) is 5.91 Å². The smallest absolute Gasteiger partial charge is 0.268 e. The van der Waals surface area contributed by atoms with Gasteiger partial charge in [0, 0.05) is 12.2 Å². The second-order valence-electron chi connectivity index (χ2n) is 7.31. The standard InChI is InChI=1S/C19H35N5O4S/c1-12(2)8-9-16(25)23-14(7-5-6-10-20)19(28)22-13(3)17(26)24-15(11-29)18(27)21-4/h12-15,29H,4-11,20H2,1-3H3,(H,22,28)(H,23,25)(H,24,26)/t13-,14-,15-/m0/s1. The lowest BCUT2D eigenvalue weighted by Crippen LogP contribution is -2.55. The zero-order chi connectivity index (χ0) is 22.4. The minimum atomic E-state index is -0.918. The van der Waals surface area contributed by atoms with Gasteiger partial charge in [0.2, 0.25) is 17.7 Å². The van der Waals surface area contributed by atoms with E-state index in [9.17, 15) is 19.2 Å². The van der Waals surface area contributed by atoms with E-state index in [0.29, 0.717) is 31.7 Å². The van der Waals surface area contributed by atoms with Crippen LogP contribution >= 0.6 is 12.6 Å². The van der Waals surface area contributed by atoms with Crippen molar-refractivity contribution in [3.05, 3.63) is 0 Å². The van der Waals surface area contributed by atoms with Crippen molar-refractivity contribution in [2.45, 2.75) is 71.0 Å². The lowest BCUT2D eigenvalue weighted by molar-refractivity contribution is -0.133. The van der Waals surface area contributed by atoms with Crippen LogP contribution in [0.2, 0.25) is 0 Å². The molecule has 29 heavy (non-hydrogen) atoms.